The van der Waals surface area contributed by atoms with Crippen molar-refractivity contribution >= 4 is 6.08 Å². The molecule has 0 radical (unpaired) electrons. The molecule has 0 fully saturated rings. The predicted molar refractivity (Wildman–Crippen MR) is 68.0 cm³/mol. The molecule has 1 aliphatic carbocycles. The summed E-state index contributed by atoms with van der Waals surface area (Å²) in [5.41, 5.74) is 12.3. The van der Waals surface area contributed by atoms with Gasteiger partial charge < -0.3 is 5.73 Å². The van der Waals surface area contributed by atoms with Crippen molar-refractivity contribution in [3.8, 4) is 11.1 Å². The quantitative estimate of drug-likeness (QED) is 0.762. The minimum atomic E-state index is 0.00565. The minimum absolute atomic E-state index is 0.00565. The number of nitrogens with two attached hydrogens (primary N) is 1. The van der Waals surface area contributed by atoms with Crippen LogP contribution in [0.3, 0.4) is 0 Å². The van der Waals surface area contributed by atoms with E-state index >= 15 is 0 Å². The first-order valence-electron chi connectivity index (χ1n) is 5.42. The van der Waals surface area contributed by atoms with Crippen molar-refractivity contribution in [2.45, 2.75) is 6.04 Å². The Bertz CT molecular complexity index is 569. The Morgan fingerprint density at radius 2 is 1.75 bits per heavy atom. The molecule has 0 bridgehead atoms. The molecule has 2 N–H and O–H groups in total. The zero-order chi connectivity index (χ0) is 11.1. The lowest BCUT2D eigenvalue weighted by Crippen LogP contribution is -2.07. The van der Waals surface area contributed by atoms with Crippen molar-refractivity contribution < 1.29 is 0 Å². The maximum atomic E-state index is 6.25. The highest BCUT2D eigenvalue weighted by atomic mass is 14.7. The van der Waals surface area contributed by atoms with Gasteiger partial charge in [0.25, 0.3) is 0 Å². The van der Waals surface area contributed by atoms with Gasteiger partial charge in [-0.1, -0.05) is 49.1 Å². The lowest BCUT2D eigenvalue weighted by Gasteiger charge is -2.06. The lowest BCUT2D eigenvalue weighted by molar-refractivity contribution is 0.900. The van der Waals surface area contributed by atoms with Gasteiger partial charge in [0.05, 0.1) is 6.04 Å². The van der Waals surface area contributed by atoms with E-state index in [2.05, 4.69) is 43.0 Å². The van der Waals surface area contributed by atoms with Crippen LogP contribution in [0.4, 0.5) is 0 Å². The number of benzene rings is 2. The summed E-state index contributed by atoms with van der Waals surface area (Å²) in [7, 11) is 0. The first-order chi connectivity index (χ1) is 7.81. The third-order valence-corrected chi connectivity index (χ3v) is 3.23. The van der Waals surface area contributed by atoms with Crippen LogP contribution in [0.5, 0.6) is 0 Å². The Kier molecular flexibility index (Phi) is 1.95. The topological polar surface area (TPSA) is 26.0 Å². The Labute approximate surface area is 95.2 Å². The molecule has 0 saturated carbocycles. The smallest absolute Gasteiger partial charge is 0.0564 e. The Morgan fingerprint density at radius 3 is 2.56 bits per heavy atom. The molecule has 1 nitrogen and oxygen atoms in total. The highest BCUT2D eigenvalue weighted by molar-refractivity contribution is 5.79. The van der Waals surface area contributed by atoms with Crippen LogP contribution in [0.25, 0.3) is 17.2 Å². The predicted octanol–water partition coefficient (Wildman–Crippen LogP) is 3.36. The Balaban J connectivity index is 2.28. The van der Waals surface area contributed by atoms with Gasteiger partial charge in [-0.15, -0.1) is 0 Å². The van der Waals surface area contributed by atoms with E-state index < -0.39 is 0 Å². The van der Waals surface area contributed by atoms with E-state index in [0.29, 0.717) is 0 Å². The second-order valence-electron chi connectivity index (χ2n) is 4.12. The summed E-state index contributed by atoms with van der Waals surface area (Å²) >= 11 is 0. The summed E-state index contributed by atoms with van der Waals surface area (Å²) in [5, 5.41) is 0. The number of hydrogen-bond donors (Lipinski definition) is 1. The second kappa shape index (κ2) is 3.32. The molecule has 3 rings (SSSR count). The van der Waals surface area contributed by atoms with E-state index in [4.69, 9.17) is 5.73 Å². The zero-order valence-corrected chi connectivity index (χ0v) is 8.98. The average molecular weight is 207 g/mol. The van der Waals surface area contributed by atoms with Crippen LogP contribution in [-0.2, 0) is 0 Å². The maximum absolute atomic E-state index is 6.25. The van der Waals surface area contributed by atoms with Crippen molar-refractivity contribution in [1.82, 2.24) is 0 Å². The molecular formula is C15H13N. The van der Waals surface area contributed by atoms with Crippen molar-refractivity contribution in [2.75, 3.05) is 0 Å². The number of rotatable bonds is 1. The summed E-state index contributed by atoms with van der Waals surface area (Å²) in [6, 6.07) is 14.7. The molecule has 1 atom stereocenters. The van der Waals surface area contributed by atoms with Gasteiger partial charge in [0.1, 0.15) is 0 Å². The highest BCUT2D eigenvalue weighted by Gasteiger charge is 2.24. The summed E-state index contributed by atoms with van der Waals surface area (Å²) in [4.78, 5) is 0. The number of hydrogen-bond acceptors (Lipinski definition) is 1. The SMILES string of the molecule is C=Cc1ccc2c(c1)C(N)c1ccccc1-2. The first kappa shape index (κ1) is 9.37. The van der Waals surface area contributed by atoms with Crippen LogP contribution in [0, 0.1) is 0 Å². The van der Waals surface area contributed by atoms with Crippen LogP contribution in [-0.4, -0.2) is 0 Å². The van der Waals surface area contributed by atoms with Crippen LogP contribution in [0.2, 0.25) is 0 Å². The van der Waals surface area contributed by atoms with Gasteiger partial charge in [-0.25, -0.2) is 0 Å². The maximum Gasteiger partial charge on any atom is 0.0564 e. The van der Waals surface area contributed by atoms with E-state index in [0.717, 1.165) is 5.56 Å². The molecule has 0 spiro atoms. The molecule has 1 aliphatic rings. The summed E-state index contributed by atoms with van der Waals surface area (Å²) in [5.74, 6) is 0. The van der Waals surface area contributed by atoms with Crippen LogP contribution in [0.1, 0.15) is 22.7 Å². The number of fused-ring (bicyclic) bond motifs is 3. The van der Waals surface area contributed by atoms with E-state index in [1.165, 1.54) is 22.3 Å². The standard InChI is InChI=1S/C15H13N/c1-2-10-7-8-12-11-5-3-4-6-13(11)15(16)14(12)9-10/h2-9,15H,1,16H2. The average Bonchev–Trinajstić information content (AvgIpc) is 2.64. The van der Waals surface area contributed by atoms with Crippen molar-refractivity contribution in [1.29, 1.82) is 0 Å². The first-order valence-corrected chi connectivity index (χ1v) is 5.42. The van der Waals surface area contributed by atoms with E-state index in [-0.39, 0.29) is 6.04 Å². The summed E-state index contributed by atoms with van der Waals surface area (Å²) in [6.07, 6.45) is 1.86. The molecule has 0 aliphatic heterocycles. The van der Waals surface area contributed by atoms with Crippen LogP contribution < -0.4 is 5.73 Å². The molecular weight excluding hydrogens is 194 g/mol. The van der Waals surface area contributed by atoms with Crippen LogP contribution in [0.15, 0.2) is 49.0 Å². The van der Waals surface area contributed by atoms with Gasteiger partial charge in [0, 0.05) is 0 Å². The minimum Gasteiger partial charge on any atom is -0.320 e. The fourth-order valence-corrected chi connectivity index (χ4v) is 2.39. The van der Waals surface area contributed by atoms with Crippen molar-refractivity contribution in [2.24, 2.45) is 5.73 Å². The Morgan fingerprint density at radius 1 is 1.00 bits per heavy atom. The van der Waals surface area contributed by atoms with Gasteiger partial charge in [-0.2, -0.15) is 0 Å². The third-order valence-electron chi connectivity index (χ3n) is 3.23. The van der Waals surface area contributed by atoms with Gasteiger partial charge in [-0.3, -0.25) is 0 Å². The fraction of sp³-hybridized carbons (Fsp3) is 0.0667. The van der Waals surface area contributed by atoms with Gasteiger partial charge >= 0.3 is 0 Å². The van der Waals surface area contributed by atoms with E-state index in [1.54, 1.807) is 0 Å². The molecule has 1 heteroatoms. The zero-order valence-electron chi connectivity index (χ0n) is 8.98. The van der Waals surface area contributed by atoms with E-state index in [9.17, 15) is 0 Å². The molecule has 78 valence electrons. The molecule has 2 aromatic rings. The van der Waals surface area contributed by atoms with Crippen molar-refractivity contribution in [3.05, 3.63) is 65.7 Å². The lowest BCUT2D eigenvalue weighted by atomic mass is 10.0. The third kappa shape index (κ3) is 1.15. The fourth-order valence-electron chi connectivity index (χ4n) is 2.39. The molecule has 2 aromatic carbocycles. The monoisotopic (exact) mass is 207 g/mol. The molecule has 0 saturated heterocycles. The van der Waals surface area contributed by atoms with Crippen LogP contribution >= 0.6 is 0 Å². The molecule has 0 aromatic heterocycles. The highest BCUT2D eigenvalue weighted by Crippen LogP contribution is 2.42. The molecule has 0 amide bonds. The summed E-state index contributed by atoms with van der Waals surface area (Å²) in [6.45, 7) is 3.79. The largest absolute Gasteiger partial charge is 0.320 e. The summed E-state index contributed by atoms with van der Waals surface area (Å²) < 4.78 is 0. The van der Waals surface area contributed by atoms with Crippen molar-refractivity contribution in [3.63, 3.8) is 0 Å². The normalized spacial score (nSPS) is 16.7. The molecule has 16 heavy (non-hydrogen) atoms. The second-order valence-corrected chi connectivity index (χ2v) is 4.12. The molecule has 1 unspecified atom stereocenters. The molecule has 0 heterocycles. The van der Waals surface area contributed by atoms with E-state index in [1.807, 2.05) is 12.1 Å². The van der Waals surface area contributed by atoms with Gasteiger partial charge in [-0.05, 0) is 33.9 Å². The van der Waals surface area contributed by atoms with Gasteiger partial charge in [0.2, 0.25) is 0 Å². The Hall–Kier alpha value is -1.86. The van der Waals surface area contributed by atoms with Gasteiger partial charge in [0.15, 0.2) is 0 Å².